The summed E-state index contributed by atoms with van der Waals surface area (Å²) in [6.45, 7) is 7.25. The normalized spacial score (nSPS) is 34.0. The molecule has 12 heteroatoms. The van der Waals surface area contributed by atoms with E-state index in [1.165, 1.54) is 17.2 Å². The van der Waals surface area contributed by atoms with E-state index in [1.807, 2.05) is 7.05 Å². The Kier molecular flexibility index (Phi) is 6.21. The van der Waals surface area contributed by atoms with Crippen LogP contribution < -0.4 is 9.64 Å². The second kappa shape index (κ2) is 9.72. The Morgan fingerprint density at radius 1 is 1.14 bits per heavy atom. The van der Waals surface area contributed by atoms with Crippen molar-refractivity contribution in [2.45, 2.75) is 67.4 Å². The highest BCUT2D eigenvalue weighted by molar-refractivity contribution is 7.94. The highest BCUT2D eigenvalue weighted by Gasteiger charge is 2.70. The van der Waals surface area contributed by atoms with Crippen molar-refractivity contribution in [2.24, 2.45) is 0 Å². The van der Waals surface area contributed by atoms with Crippen molar-refractivity contribution in [1.29, 1.82) is 0 Å². The molecular formula is C31H38N6O5S. The number of aryl methyl sites for hydroxylation is 1. The number of nitrogens with zero attached hydrogens (tertiary/aromatic N) is 6. The van der Waals surface area contributed by atoms with E-state index in [9.17, 15) is 13.2 Å². The van der Waals surface area contributed by atoms with Crippen LogP contribution >= 0.6 is 0 Å². The fraction of sp³-hybridized carbons (Fsp3) is 0.581. The fourth-order valence-electron chi connectivity index (χ4n) is 8.65. The lowest BCUT2D eigenvalue weighted by atomic mass is 9.89. The van der Waals surface area contributed by atoms with Gasteiger partial charge in [-0.15, -0.1) is 0 Å². The second-order valence-corrected chi connectivity index (χ2v) is 15.5. The molecular weight excluding hydrogens is 568 g/mol. The number of methoxy groups -OCH3 is 1. The van der Waals surface area contributed by atoms with Crippen molar-refractivity contribution >= 4 is 21.6 Å². The van der Waals surface area contributed by atoms with Gasteiger partial charge in [-0.25, -0.2) is 8.42 Å². The number of carbonyl (C=O) groups is 1. The first-order valence-corrected chi connectivity index (χ1v) is 16.9. The Bertz CT molecular complexity index is 1620. The first-order valence-electron chi connectivity index (χ1n) is 15.2. The van der Waals surface area contributed by atoms with Crippen molar-refractivity contribution in [3.05, 3.63) is 59.3 Å². The van der Waals surface area contributed by atoms with Gasteiger partial charge in [0.15, 0.2) is 9.84 Å². The number of amides is 1. The smallest absolute Gasteiger partial charge is 0.319 e. The van der Waals surface area contributed by atoms with Crippen LogP contribution in [0.15, 0.2) is 36.9 Å². The number of ether oxygens (including phenoxy) is 2. The van der Waals surface area contributed by atoms with Crippen LogP contribution in [0.5, 0.6) is 6.01 Å². The van der Waals surface area contributed by atoms with E-state index in [2.05, 4.69) is 45.5 Å². The summed E-state index contributed by atoms with van der Waals surface area (Å²) in [5.41, 5.74) is 4.73. The fourth-order valence-corrected chi connectivity index (χ4v) is 11.0. The van der Waals surface area contributed by atoms with Crippen LogP contribution in [0.25, 0.3) is 0 Å². The van der Waals surface area contributed by atoms with Crippen LogP contribution in [-0.4, -0.2) is 114 Å². The van der Waals surface area contributed by atoms with Crippen LogP contribution in [0.2, 0.25) is 0 Å². The Labute approximate surface area is 252 Å². The average Bonchev–Trinajstić information content (AvgIpc) is 3.77. The molecule has 228 valence electrons. The third-order valence-corrected chi connectivity index (χ3v) is 13.4. The van der Waals surface area contributed by atoms with Crippen molar-refractivity contribution in [1.82, 2.24) is 24.7 Å². The van der Waals surface area contributed by atoms with Crippen LogP contribution in [0.3, 0.4) is 0 Å². The summed E-state index contributed by atoms with van der Waals surface area (Å²) in [5.74, 6) is 0.533. The number of benzene rings is 1. The molecule has 6 aliphatic rings. The summed E-state index contributed by atoms with van der Waals surface area (Å²) >= 11 is 0. The maximum Gasteiger partial charge on any atom is 0.319 e. The lowest BCUT2D eigenvalue weighted by molar-refractivity contribution is -0.130. The number of likely N-dealkylation sites (N-methyl/N-ethyl adjacent to an activating group) is 1. The molecule has 1 amide bonds. The predicted octanol–water partition coefficient (Wildman–Crippen LogP) is 1.33. The van der Waals surface area contributed by atoms with Gasteiger partial charge in [0.05, 0.1) is 17.5 Å². The molecule has 1 spiro atoms. The summed E-state index contributed by atoms with van der Waals surface area (Å²) in [5, 5.41) is 0. The molecule has 0 N–H and O–H groups in total. The number of likely N-dealkylation sites (tertiary alicyclic amines) is 2. The average molecular weight is 607 g/mol. The largest absolute Gasteiger partial charge is 0.456 e. The minimum Gasteiger partial charge on any atom is -0.456 e. The van der Waals surface area contributed by atoms with Crippen molar-refractivity contribution < 1.29 is 22.7 Å². The Hall–Kier alpha value is -3.06. The molecule has 5 aliphatic heterocycles. The number of piperidine rings is 1. The highest BCUT2D eigenvalue weighted by Crippen LogP contribution is 2.53. The molecule has 1 aromatic carbocycles. The van der Waals surface area contributed by atoms with E-state index in [1.54, 1.807) is 12.0 Å². The maximum atomic E-state index is 13.4. The van der Waals surface area contributed by atoms with Crippen LogP contribution in [-0.2, 0) is 38.9 Å². The van der Waals surface area contributed by atoms with Crippen molar-refractivity contribution in [3.8, 4) is 6.01 Å². The molecule has 11 nitrogen and oxygen atoms in total. The first kappa shape index (κ1) is 27.5. The predicted molar refractivity (Wildman–Crippen MR) is 159 cm³/mol. The molecule has 0 radical (unpaired) electrons. The Morgan fingerprint density at radius 3 is 2.74 bits per heavy atom. The zero-order chi connectivity index (χ0) is 29.7. The van der Waals surface area contributed by atoms with Gasteiger partial charge in [-0.05, 0) is 43.5 Å². The number of carbonyl (C=O) groups excluding carboxylic acids is 1. The molecule has 4 unspecified atom stereocenters. The van der Waals surface area contributed by atoms with Gasteiger partial charge in [-0.2, -0.15) is 9.97 Å². The van der Waals surface area contributed by atoms with E-state index in [0.717, 1.165) is 36.5 Å². The molecule has 43 heavy (non-hydrogen) atoms. The van der Waals surface area contributed by atoms with E-state index in [4.69, 9.17) is 19.4 Å². The van der Waals surface area contributed by atoms with E-state index in [-0.39, 0.29) is 42.0 Å². The SMILES string of the molecule is C=CC(=O)N1CC2CC3(CN2c2nc(O[C@@H]4CN(C)C[C@H]4OC)nc4c2CN(C2CCc5ccccc52)C4)C1CS3(=O)=O. The summed E-state index contributed by atoms with van der Waals surface area (Å²) in [6, 6.07) is 8.74. The molecule has 1 aliphatic carbocycles. The minimum absolute atomic E-state index is 0.00581. The minimum atomic E-state index is -3.36. The van der Waals surface area contributed by atoms with Gasteiger partial charge < -0.3 is 19.3 Å². The number of hydrogen-bond acceptors (Lipinski definition) is 10. The number of sulfone groups is 1. The zero-order valence-electron chi connectivity index (χ0n) is 24.7. The zero-order valence-corrected chi connectivity index (χ0v) is 25.5. The van der Waals surface area contributed by atoms with Gasteiger partial charge in [0, 0.05) is 64.0 Å². The lowest BCUT2D eigenvalue weighted by Gasteiger charge is -2.52. The molecule has 8 rings (SSSR count). The Morgan fingerprint density at radius 2 is 1.95 bits per heavy atom. The topological polar surface area (TPSA) is 108 Å². The van der Waals surface area contributed by atoms with Gasteiger partial charge in [-0.3, -0.25) is 14.6 Å². The van der Waals surface area contributed by atoms with Gasteiger partial charge in [-0.1, -0.05) is 30.8 Å². The lowest BCUT2D eigenvalue weighted by Crippen LogP contribution is -2.73. The molecule has 2 aromatic rings. The summed E-state index contributed by atoms with van der Waals surface area (Å²) in [4.78, 5) is 31.4. The molecule has 6 heterocycles. The third kappa shape index (κ3) is 4.02. The molecule has 4 saturated heterocycles. The van der Waals surface area contributed by atoms with Gasteiger partial charge in [0.25, 0.3) is 0 Å². The van der Waals surface area contributed by atoms with Crippen molar-refractivity contribution in [2.75, 3.05) is 51.0 Å². The van der Waals surface area contributed by atoms with Crippen LogP contribution in [0, 0.1) is 0 Å². The first-order chi connectivity index (χ1) is 20.7. The van der Waals surface area contributed by atoms with E-state index in [0.29, 0.717) is 45.2 Å². The summed E-state index contributed by atoms with van der Waals surface area (Å²) in [7, 11) is 0.373. The molecule has 1 aromatic heterocycles. The van der Waals surface area contributed by atoms with Gasteiger partial charge in [0.1, 0.15) is 22.8 Å². The number of aromatic nitrogens is 2. The third-order valence-electron chi connectivity index (χ3n) is 10.8. The van der Waals surface area contributed by atoms with Gasteiger partial charge >= 0.3 is 6.01 Å². The summed E-state index contributed by atoms with van der Waals surface area (Å²) < 4.78 is 37.9. The molecule has 0 saturated carbocycles. The number of fused-ring (bicyclic) bond motifs is 3. The van der Waals surface area contributed by atoms with Gasteiger partial charge in [0.2, 0.25) is 5.91 Å². The number of hydrogen-bond donors (Lipinski definition) is 0. The quantitative estimate of drug-likeness (QED) is 0.447. The monoisotopic (exact) mass is 606 g/mol. The van der Waals surface area contributed by atoms with E-state index >= 15 is 0 Å². The Balaban J connectivity index is 1.18. The van der Waals surface area contributed by atoms with Crippen LogP contribution in [0.4, 0.5) is 5.82 Å². The second-order valence-electron chi connectivity index (χ2n) is 13.1. The highest BCUT2D eigenvalue weighted by atomic mass is 32.2. The maximum absolute atomic E-state index is 13.4. The number of rotatable bonds is 6. The molecule has 2 bridgehead atoms. The summed E-state index contributed by atoms with van der Waals surface area (Å²) in [6.07, 6.45) is 3.59. The van der Waals surface area contributed by atoms with Crippen LogP contribution in [0.1, 0.15) is 41.3 Å². The molecule has 4 fully saturated rings. The number of anilines is 1. The van der Waals surface area contributed by atoms with E-state index < -0.39 is 14.6 Å². The molecule has 6 atom stereocenters. The standard InChI is InChI=1S/C31H38N6O5S/c1-4-28(38)36-12-20-11-31(27(36)17-43(31,39)40)18-37(20)29-22-13-35(24-10-9-19-7-5-6-8-21(19)24)14-23(22)32-30(33-29)42-26-16-34(2)15-25(26)41-3/h4-8,20,24-27H,1,9-18H2,2-3H3/t20?,24?,25-,26-,27?,31?/m1/s1. The van der Waals surface area contributed by atoms with Crippen molar-refractivity contribution in [3.63, 3.8) is 0 Å².